The van der Waals surface area contributed by atoms with Crippen LogP contribution in [-0.2, 0) is 19.3 Å². The monoisotopic (exact) mass is 437 g/mol. The largest absolute Gasteiger partial charge is 0.496 e. The Labute approximate surface area is 193 Å². The fraction of sp³-hybridized carbons (Fsp3) is 0.615. The maximum absolute atomic E-state index is 5.46. The molecule has 1 heterocycles. The summed E-state index contributed by atoms with van der Waals surface area (Å²) in [5, 5.41) is 7.33. The van der Waals surface area contributed by atoms with Crippen molar-refractivity contribution in [2.75, 3.05) is 44.5 Å². The van der Waals surface area contributed by atoms with E-state index in [0.29, 0.717) is 6.04 Å². The van der Waals surface area contributed by atoms with Gasteiger partial charge in [0, 0.05) is 25.7 Å². The number of para-hydroxylation sites is 1. The number of methoxy groups -OCH3 is 1. The van der Waals surface area contributed by atoms with Gasteiger partial charge in [-0.3, -0.25) is 0 Å². The molecular weight excluding hydrogens is 398 g/mol. The lowest BCUT2D eigenvalue weighted by atomic mass is 9.86. The van der Waals surface area contributed by atoms with Gasteiger partial charge in [-0.2, -0.15) is 4.98 Å². The van der Waals surface area contributed by atoms with Gasteiger partial charge in [0.15, 0.2) is 0 Å². The number of hydrogen-bond acceptors (Lipinski definition) is 6. The van der Waals surface area contributed by atoms with E-state index < -0.39 is 0 Å². The van der Waals surface area contributed by atoms with Crippen LogP contribution in [0.3, 0.4) is 0 Å². The summed E-state index contributed by atoms with van der Waals surface area (Å²) < 4.78 is 5.46. The van der Waals surface area contributed by atoms with E-state index in [9.17, 15) is 0 Å². The molecule has 174 valence electrons. The van der Waals surface area contributed by atoms with Crippen molar-refractivity contribution in [1.29, 1.82) is 0 Å². The summed E-state index contributed by atoms with van der Waals surface area (Å²) >= 11 is 0. The van der Waals surface area contributed by atoms with Crippen molar-refractivity contribution in [3.63, 3.8) is 0 Å². The van der Waals surface area contributed by atoms with E-state index in [2.05, 4.69) is 41.8 Å². The number of ether oxygens (including phenoxy) is 1. The molecule has 2 aliphatic rings. The fourth-order valence-corrected chi connectivity index (χ4v) is 5.14. The van der Waals surface area contributed by atoms with Crippen LogP contribution in [0, 0.1) is 5.92 Å². The molecule has 0 radical (unpaired) electrons. The van der Waals surface area contributed by atoms with Crippen LogP contribution < -0.4 is 20.3 Å². The van der Waals surface area contributed by atoms with E-state index in [-0.39, 0.29) is 0 Å². The van der Waals surface area contributed by atoms with Crippen LogP contribution in [0.25, 0.3) is 0 Å². The van der Waals surface area contributed by atoms with Crippen LogP contribution >= 0.6 is 0 Å². The highest BCUT2D eigenvalue weighted by atomic mass is 16.5. The standard InChI is InChI=1S/C26H39N5O/c1-31(2)25-22-9-5-6-10-23(22)29-26(30-25)28-21-14-12-19(13-15-21)18-27-17-16-20-8-4-7-11-24(20)32-3/h4,7-8,11,19,21,27H,5-6,9-10,12-18H2,1-3H3,(H,28,29,30). The summed E-state index contributed by atoms with van der Waals surface area (Å²) in [4.78, 5) is 11.9. The second kappa shape index (κ2) is 11.0. The van der Waals surface area contributed by atoms with Crippen LogP contribution in [0.4, 0.5) is 11.8 Å². The normalized spacial score (nSPS) is 20.5. The van der Waals surface area contributed by atoms with Gasteiger partial charge in [0.2, 0.25) is 5.95 Å². The molecule has 0 saturated heterocycles. The summed E-state index contributed by atoms with van der Waals surface area (Å²) in [7, 11) is 5.93. The van der Waals surface area contributed by atoms with Crippen molar-refractivity contribution in [2.24, 2.45) is 5.92 Å². The molecule has 0 spiro atoms. The molecule has 0 bridgehead atoms. The highest BCUT2D eigenvalue weighted by molar-refractivity contribution is 5.52. The van der Waals surface area contributed by atoms with Crippen molar-refractivity contribution < 1.29 is 4.74 Å². The Hall–Kier alpha value is -2.34. The predicted octanol–water partition coefficient (Wildman–Crippen LogP) is 4.23. The number of aryl methyl sites for hydroxylation is 1. The van der Waals surface area contributed by atoms with Crippen molar-refractivity contribution >= 4 is 11.8 Å². The first-order chi connectivity index (χ1) is 15.6. The summed E-state index contributed by atoms with van der Waals surface area (Å²) in [6.07, 6.45) is 10.6. The van der Waals surface area contributed by atoms with Crippen molar-refractivity contribution in [3.8, 4) is 5.75 Å². The van der Waals surface area contributed by atoms with Crippen molar-refractivity contribution in [3.05, 3.63) is 41.1 Å². The molecule has 2 aromatic rings. The first-order valence-electron chi connectivity index (χ1n) is 12.3. The number of aromatic nitrogens is 2. The highest BCUT2D eigenvalue weighted by Crippen LogP contribution is 2.30. The van der Waals surface area contributed by atoms with Crippen LogP contribution in [0.5, 0.6) is 5.75 Å². The second-order valence-electron chi connectivity index (χ2n) is 9.53. The maximum Gasteiger partial charge on any atom is 0.225 e. The Balaban J connectivity index is 1.23. The molecule has 1 fully saturated rings. The van der Waals surface area contributed by atoms with Crippen LogP contribution in [0.15, 0.2) is 24.3 Å². The molecule has 0 amide bonds. The van der Waals surface area contributed by atoms with E-state index in [1.54, 1.807) is 7.11 Å². The number of benzene rings is 1. The Morgan fingerprint density at radius 2 is 1.81 bits per heavy atom. The minimum absolute atomic E-state index is 0.483. The van der Waals surface area contributed by atoms with E-state index >= 15 is 0 Å². The molecule has 1 aromatic carbocycles. The lowest BCUT2D eigenvalue weighted by molar-refractivity contribution is 0.324. The molecule has 0 atom stereocenters. The number of anilines is 2. The third kappa shape index (κ3) is 5.71. The Kier molecular flexibility index (Phi) is 7.85. The van der Waals surface area contributed by atoms with Gasteiger partial charge in [-0.25, -0.2) is 4.98 Å². The molecule has 0 aliphatic heterocycles. The van der Waals surface area contributed by atoms with Gasteiger partial charge >= 0.3 is 0 Å². The minimum Gasteiger partial charge on any atom is -0.496 e. The summed E-state index contributed by atoms with van der Waals surface area (Å²) in [6.45, 7) is 2.09. The van der Waals surface area contributed by atoms with Crippen LogP contribution in [0.2, 0.25) is 0 Å². The van der Waals surface area contributed by atoms with Crippen LogP contribution in [-0.4, -0.2) is 50.3 Å². The lowest BCUT2D eigenvalue weighted by Gasteiger charge is -2.30. The Morgan fingerprint density at radius 1 is 1.03 bits per heavy atom. The molecule has 1 aromatic heterocycles. The molecule has 2 N–H and O–H groups in total. The molecule has 6 nitrogen and oxygen atoms in total. The lowest BCUT2D eigenvalue weighted by Crippen LogP contribution is -2.32. The quantitative estimate of drug-likeness (QED) is 0.573. The average Bonchev–Trinajstić information content (AvgIpc) is 2.82. The van der Waals surface area contributed by atoms with Gasteiger partial charge in [-0.15, -0.1) is 0 Å². The summed E-state index contributed by atoms with van der Waals surface area (Å²) in [5.74, 6) is 3.67. The zero-order valence-electron chi connectivity index (χ0n) is 20.0. The second-order valence-corrected chi connectivity index (χ2v) is 9.53. The van der Waals surface area contributed by atoms with Gasteiger partial charge in [-0.1, -0.05) is 18.2 Å². The summed E-state index contributed by atoms with van der Waals surface area (Å²) in [5.41, 5.74) is 3.89. The van der Waals surface area contributed by atoms with E-state index in [0.717, 1.165) is 55.8 Å². The highest BCUT2D eigenvalue weighted by Gasteiger charge is 2.24. The first kappa shape index (κ1) is 22.8. The van der Waals surface area contributed by atoms with Crippen molar-refractivity contribution in [1.82, 2.24) is 15.3 Å². The molecule has 0 unspecified atom stereocenters. The van der Waals surface area contributed by atoms with Gasteiger partial charge in [0.25, 0.3) is 0 Å². The molecular formula is C26H39N5O. The zero-order valence-corrected chi connectivity index (χ0v) is 20.0. The molecule has 2 aliphatic carbocycles. The summed E-state index contributed by atoms with van der Waals surface area (Å²) in [6, 6.07) is 8.79. The van der Waals surface area contributed by atoms with Gasteiger partial charge in [0.05, 0.1) is 12.8 Å². The molecule has 32 heavy (non-hydrogen) atoms. The topological polar surface area (TPSA) is 62.3 Å². The van der Waals surface area contributed by atoms with Gasteiger partial charge in [-0.05, 0) is 88.4 Å². The predicted molar refractivity (Wildman–Crippen MR) is 132 cm³/mol. The zero-order chi connectivity index (χ0) is 22.3. The maximum atomic E-state index is 5.46. The van der Waals surface area contributed by atoms with Gasteiger partial charge in [0.1, 0.15) is 11.6 Å². The molecule has 4 rings (SSSR count). The Morgan fingerprint density at radius 3 is 2.59 bits per heavy atom. The number of nitrogens with one attached hydrogen (secondary N) is 2. The van der Waals surface area contributed by atoms with Crippen molar-refractivity contribution in [2.45, 2.75) is 63.8 Å². The Bertz CT molecular complexity index is 877. The van der Waals surface area contributed by atoms with E-state index in [1.807, 2.05) is 12.1 Å². The molecule has 1 saturated carbocycles. The number of fused-ring (bicyclic) bond motifs is 1. The van der Waals surface area contributed by atoms with Crippen LogP contribution in [0.1, 0.15) is 55.3 Å². The third-order valence-electron chi connectivity index (χ3n) is 6.96. The van der Waals surface area contributed by atoms with Gasteiger partial charge < -0.3 is 20.3 Å². The third-order valence-corrected chi connectivity index (χ3v) is 6.96. The molecule has 6 heteroatoms. The SMILES string of the molecule is COc1ccccc1CCNCC1CCC(Nc2nc3c(c(N(C)C)n2)CCCC3)CC1. The van der Waals surface area contributed by atoms with E-state index in [4.69, 9.17) is 14.7 Å². The number of nitrogens with zero attached hydrogens (tertiary/aromatic N) is 3. The number of hydrogen-bond donors (Lipinski definition) is 2. The number of rotatable bonds is 9. The first-order valence-corrected chi connectivity index (χ1v) is 12.3. The fourth-order valence-electron chi connectivity index (χ4n) is 5.14. The van der Waals surface area contributed by atoms with E-state index in [1.165, 1.54) is 55.3 Å². The average molecular weight is 438 g/mol. The smallest absolute Gasteiger partial charge is 0.225 e. The minimum atomic E-state index is 0.483.